The van der Waals surface area contributed by atoms with Gasteiger partial charge in [0, 0.05) is 29.3 Å². The third kappa shape index (κ3) is 4.62. The van der Waals surface area contributed by atoms with Crippen molar-refractivity contribution in [3.8, 4) is 0 Å². The van der Waals surface area contributed by atoms with Crippen LogP contribution in [0, 0.1) is 5.92 Å². The van der Waals surface area contributed by atoms with Crippen molar-refractivity contribution in [2.24, 2.45) is 11.7 Å². The fraction of sp³-hybridized carbons (Fsp3) is 0.600. The number of allylic oxidation sites excluding steroid dienone is 4. The van der Waals surface area contributed by atoms with E-state index in [0.717, 1.165) is 18.4 Å². The molecule has 0 radical (unpaired) electrons. The van der Waals surface area contributed by atoms with Gasteiger partial charge in [0.1, 0.15) is 5.76 Å². The van der Waals surface area contributed by atoms with Crippen LogP contribution in [0.1, 0.15) is 53.9 Å². The Balaban J connectivity index is 2.39. The summed E-state index contributed by atoms with van der Waals surface area (Å²) in [6.45, 7) is 9.63. The van der Waals surface area contributed by atoms with E-state index in [-0.39, 0.29) is 18.4 Å². The van der Waals surface area contributed by atoms with Crippen LogP contribution in [0.25, 0.3) is 0 Å². The van der Waals surface area contributed by atoms with Crippen LogP contribution in [0.3, 0.4) is 0 Å². The van der Waals surface area contributed by atoms with E-state index in [1.807, 2.05) is 26.8 Å². The first-order valence-electron chi connectivity index (χ1n) is 9.40. The molecular formula is C20H30F3N3O. The first kappa shape index (κ1) is 21.3. The molecule has 0 aromatic carbocycles. The largest absolute Gasteiger partial charge is 0.466 e. The molecule has 2 aliphatic rings. The maximum absolute atomic E-state index is 13.2. The van der Waals surface area contributed by atoms with Crippen molar-refractivity contribution < 1.29 is 17.9 Å². The lowest BCUT2D eigenvalue weighted by Crippen LogP contribution is -2.44. The van der Waals surface area contributed by atoms with Gasteiger partial charge in [0.2, 0.25) is 5.72 Å². The highest BCUT2D eigenvalue weighted by molar-refractivity contribution is 5.44. The van der Waals surface area contributed by atoms with E-state index in [1.165, 1.54) is 12.3 Å². The summed E-state index contributed by atoms with van der Waals surface area (Å²) < 4.78 is 45.8. The van der Waals surface area contributed by atoms with Crippen LogP contribution in [0.2, 0.25) is 0 Å². The van der Waals surface area contributed by atoms with Crippen molar-refractivity contribution in [2.75, 3.05) is 0 Å². The minimum absolute atomic E-state index is 0.0854. The van der Waals surface area contributed by atoms with E-state index in [1.54, 1.807) is 6.92 Å². The number of unbranched alkanes of at least 4 members (excludes halogenated alkanes) is 1. The zero-order valence-corrected chi connectivity index (χ0v) is 16.6. The predicted molar refractivity (Wildman–Crippen MR) is 101 cm³/mol. The summed E-state index contributed by atoms with van der Waals surface area (Å²) in [5.74, 6) is 0.209. The molecule has 27 heavy (non-hydrogen) atoms. The van der Waals surface area contributed by atoms with Crippen LogP contribution in [-0.4, -0.2) is 17.9 Å². The molecule has 0 aromatic heterocycles. The zero-order chi connectivity index (χ0) is 20.4. The molecule has 0 fully saturated rings. The maximum atomic E-state index is 13.2. The molecule has 0 saturated heterocycles. The molecule has 2 atom stereocenters. The smallest absolute Gasteiger partial charge is 0.412 e. The Labute approximate surface area is 159 Å². The first-order valence-corrected chi connectivity index (χ1v) is 9.40. The zero-order valence-electron chi connectivity index (χ0n) is 16.6. The molecule has 4 N–H and O–H groups in total. The average Bonchev–Trinajstić information content (AvgIpc) is 2.90. The molecule has 2 rings (SSSR count). The van der Waals surface area contributed by atoms with Gasteiger partial charge >= 0.3 is 6.18 Å². The highest BCUT2D eigenvalue weighted by Crippen LogP contribution is 2.44. The molecule has 0 saturated carbocycles. The van der Waals surface area contributed by atoms with Gasteiger partial charge in [-0.25, -0.2) is 0 Å². The Morgan fingerprint density at radius 1 is 1.48 bits per heavy atom. The van der Waals surface area contributed by atoms with E-state index in [4.69, 9.17) is 10.5 Å². The molecule has 4 nitrogen and oxygen atoms in total. The molecule has 0 spiro atoms. The van der Waals surface area contributed by atoms with Crippen LogP contribution >= 0.6 is 0 Å². The first-order chi connectivity index (χ1) is 12.5. The van der Waals surface area contributed by atoms with E-state index in [9.17, 15) is 13.2 Å². The standard InChI is InChI=1S/C20H30F3N3O/c1-6-7-8-15(17(11-24)25-12(2)3)19(5)26-16-10-14(20(21,22)23)9-13(4)18(16)27-19/h8,10-13,25-26H,6-7,9,24H2,1-5H3/b15-8+,17-11+/t13?,19-/m0/s1. The summed E-state index contributed by atoms with van der Waals surface area (Å²) in [4.78, 5) is 0. The van der Waals surface area contributed by atoms with Gasteiger partial charge in [-0.3, -0.25) is 0 Å². The second-order valence-electron chi connectivity index (χ2n) is 7.60. The van der Waals surface area contributed by atoms with Gasteiger partial charge in [0.15, 0.2) is 0 Å². The second-order valence-corrected chi connectivity index (χ2v) is 7.60. The Morgan fingerprint density at radius 2 is 2.15 bits per heavy atom. The van der Waals surface area contributed by atoms with Crippen LogP contribution in [0.15, 0.2) is 46.7 Å². The number of nitrogens with two attached hydrogens (primary N) is 1. The van der Waals surface area contributed by atoms with Gasteiger partial charge in [0.25, 0.3) is 0 Å². The number of rotatable bonds is 6. The molecular weight excluding hydrogens is 355 g/mol. The highest BCUT2D eigenvalue weighted by atomic mass is 19.4. The van der Waals surface area contributed by atoms with Crippen molar-refractivity contribution in [3.63, 3.8) is 0 Å². The van der Waals surface area contributed by atoms with Gasteiger partial charge in [-0.2, -0.15) is 13.2 Å². The van der Waals surface area contributed by atoms with Gasteiger partial charge in [-0.1, -0.05) is 26.3 Å². The minimum Gasteiger partial charge on any atom is -0.466 e. The van der Waals surface area contributed by atoms with Crippen molar-refractivity contribution in [2.45, 2.75) is 71.8 Å². The molecule has 152 valence electrons. The Morgan fingerprint density at radius 3 is 2.67 bits per heavy atom. The van der Waals surface area contributed by atoms with Gasteiger partial charge in [0.05, 0.1) is 11.4 Å². The van der Waals surface area contributed by atoms with E-state index in [2.05, 4.69) is 17.6 Å². The predicted octanol–water partition coefficient (Wildman–Crippen LogP) is 4.59. The third-order valence-corrected chi connectivity index (χ3v) is 4.66. The SMILES string of the molecule is CCC/C=C(\C(=C/N)NC(C)C)[C@@]1(C)NC2=C(O1)C(C)CC(C(F)(F)F)=C2. The quantitative estimate of drug-likeness (QED) is 0.586. The average molecular weight is 385 g/mol. The van der Waals surface area contributed by atoms with E-state index >= 15 is 0 Å². The highest BCUT2D eigenvalue weighted by Gasteiger charge is 2.46. The van der Waals surface area contributed by atoms with Crippen molar-refractivity contribution >= 4 is 0 Å². The van der Waals surface area contributed by atoms with Gasteiger partial charge in [-0.15, -0.1) is 0 Å². The Kier molecular flexibility index (Phi) is 6.22. The summed E-state index contributed by atoms with van der Waals surface area (Å²) in [6.07, 6.45) is 1.99. The minimum atomic E-state index is -4.34. The molecule has 1 heterocycles. The topological polar surface area (TPSA) is 59.3 Å². The van der Waals surface area contributed by atoms with Crippen molar-refractivity contribution in [1.82, 2.24) is 10.6 Å². The number of alkyl halides is 3. The van der Waals surface area contributed by atoms with Crippen molar-refractivity contribution in [3.05, 3.63) is 46.7 Å². The van der Waals surface area contributed by atoms with E-state index < -0.39 is 17.5 Å². The third-order valence-electron chi connectivity index (χ3n) is 4.66. The molecule has 1 aliphatic carbocycles. The van der Waals surface area contributed by atoms with Crippen LogP contribution < -0.4 is 16.4 Å². The number of ether oxygens (including phenoxy) is 1. The summed E-state index contributed by atoms with van der Waals surface area (Å²) in [7, 11) is 0. The lowest BCUT2D eigenvalue weighted by atomic mass is 9.92. The summed E-state index contributed by atoms with van der Waals surface area (Å²) >= 11 is 0. The Bertz CT molecular complexity index is 689. The number of halogens is 3. The second kappa shape index (κ2) is 7.90. The van der Waals surface area contributed by atoms with Crippen molar-refractivity contribution in [1.29, 1.82) is 0 Å². The van der Waals surface area contributed by atoms with Crippen LogP contribution in [0.4, 0.5) is 13.2 Å². The molecule has 7 heteroatoms. The normalized spacial score (nSPS) is 26.6. The van der Waals surface area contributed by atoms with Crippen LogP contribution in [0.5, 0.6) is 0 Å². The molecule has 0 amide bonds. The molecule has 1 aliphatic heterocycles. The van der Waals surface area contributed by atoms with Crippen LogP contribution in [-0.2, 0) is 4.74 Å². The summed E-state index contributed by atoms with van der Waals surface area (Å²) in [5, 5.41) is 6.48. The fourth-order valence-electron chi connectivity index (χ4n) is 3.44. The molecule has 0 bridgehead atoms. The maximum Gasteiger partial charge on any atom is 0.412 e. The Hall–Kier alpha value is -2.05. The van der Waals surface area contributed by atoms with Gasteiger partial charge in [-0.05, 0) is 39.7 Å². The van der Waals surface area contributed by atoms with E-state index in [0.29, 0.717) is 17.2 Å². The molecule has 1 unspecified atom stereocenters. The lowest BCUT2D eigenvalue weighted by molar-refractivity contribution is -0.0956. The summed E-state index contributed by atoms with van der Waals surface area (Å²) in [5.41, 5.74) is 6.22. The monoisotopic (exact) mass is 385 g/mol. The number of nitrogens with one attached hydrogen (secondary N) is 2. The molecule has 0 aromatic rings. The van der Waals surface area contributed by atoms with Gasteiger partial charge < -0.3 is 21.1 Å². The summed E-state index contributed by atoms with van der Waals surface area (Å²) in [6, 6.07) is 0.146. The number of hydrogen-bond acceptors (Lipinski definition) is 4. The lowest BCUT2D eigenvalue weighted by Gasteiger charge is -2.32. The number of hydrogen-bond donors (Lipinski definition) is 3. The fourth-order valence-corrected chi connectivity index (χ4v) is 3.44.